The van der Waals surface area contributed by atoms with Gasteiger partial charge in [-0.15, -0.1) is 0 Å². The van der Waals surface area contributed by atoms with Crippen molar-refractivity contribution in [1.29, 1.82) is 0 Å². The van der Waals surface area contributed by atoms with Crippen molar-refractivity contribution in [2.45, 2.75) is 25.9 Å². The van der Waals surface area contributed by atoms with Crippen molar-refractivity contribution in [2.75, 3.05) is 20.8 Å². The summed E-state index contributed by atoms with van der Waals surface area (Å²) in [5, 5.41) is 3.42. The summed E-state index contributed by atoms with van der Waals surface area (Å²) in [5.74, 6) is 0.659. The van der Waals surface area contributed by atoms with E-state index in [1.807, 2.05) is 0 Å². The second-order valence-corrected chi connectivity index (χ2v) is 5.14. The molecule has 6 heteroatoms. The fraction of sp³-hybridized carbons (Fsp3) is 0.700. The van der Waals surface area contributed by atoms with Gasteiger partial charge in [0, 0.05) is 26.3 Å². The monoisotopic (exact) mass is 308 g/mol. The van der Waals surface area contributed by atoms with E-state index >= 15 is 0 Å². The van der Waals surface area contributed by atoms with Crippen LogP contribution in [-0.2, 0) is 11.3 Å². The minimum Gasteiger partial charge on any atom is -0.480 e. The summed E-state index contributed by atoms with van der Waals surface area (Å²) in [6, 6.07) is 0.431. The molecule has 92 valence electrons. The highest BCUT2D eigenvalue weighted by atomic mass is 79.9. The lowest BCUT2D eigenvalue weighted by Crippen LogP contribution is -2.26. The molecule has 0 saturated carbocycles. The van der Waals surface area contributed by atoms with Crippen LogP contribution in [0.3, 0.4) is 0 Å². The molecule has 0 radical (unpaired) electrons. The molecule has 0 aliphatic rings. The van der Waals surface area contributed by atoms with Gasteiger partial charge in [-0.1, -0.05) is 0 Å². The number of methoxy groups -OCH3 is 2. The van der Waals surface area contributed by atoms with Gasteiger partial charge in [-0.05, 0) is 40.8 Å². The zero-order chi connectivity index (χ0) is 12.0. The Bertz CT molecular complexity index is 320. The van der Waals surface area contributed by atoms with Gasteiger partial charge in [0.1, 0.15) is 0 Å². The number of ether oxygens (including phenoxy) is 2. The smallest absolute Gasteiger partial charge is 0.239 e. The number of hydrogen-bond donors (Lipinski definition) is 1. The van der Waals surface area contributed by atoms with Gasteiger partial charge in [0.15, 0.2) is 0 Å². The van der Waals surface area contributed by atoms with E-state index in [2.05, 4.69) is 32.5 Å². The molecule has 0 aliphatic carbocycles. The van der Waals surface area contributed by atoms with Crippen molar-refractivity contribution >= 4 is 27.5 Å². The molecule has 1 unspecified atom stereocenters. The van der Waals surface area contributed by atoms with Gasteiger partial charge < -0.3 is 14.8 Å². The SMILES string of the molecule is COCCC(C)NCc1snc(OC)c1Br. The second-order valence-electron chi connectivity index (χ2n) is 3.49. The molecule has 0 spiro atoms. The van der Waals surface area contributed by atoms with E-state index in [1.54, 1.807) is 14.2 Å². The molecule has 4 nitrogen and oxygen atoms in total. The lowest BCUT2D eigenvalue weighted by atomic mass is 10.2. The topological polar surface area (TPSA) is 43.4 Å². The average Bonchev–Trinajstić information content (AvgIpc) is 2.64. The van der Waals surface area contributed by atoms with Crippen molar-refractivity contribution in [3.05, 3.63) is 9.35 Å². The van der Waals surface area contributed by atoms with Crippen molar-refractivity contribution in [3.63, 3.8) is 0 Å². The Balaban J connectivity index is 2.39. The fourth-order valence-electron chi connectivity index (χ4n) is 1.20. The highest BCUT2D eigenvalue weighted by Gasteiger charge is 2.12. The van der Waals surface area contributed by atoms with E-state index in [-0.39, 0.29) is 0 Å². The molecule has 1 heterocycles. The van der Waals surface area contributed by atoms with Crippen LogP contribution < -0.4 is 10.1 Å². The van der Waals surface area contributed by atoms with Crippen LogP contribution in [-0.4, -0.2) is 31.2 Å². The molecule has 1 atom stereocenters. The first-order chi connectivity index (χ1) is 7.69. The minimum atomic E-state index is 0.431. The van der Waals surface area contributed by atoms with Crippen molar-refractivity contribution in [1.82, 2.24) is 9.69 Å². The van der Waals surface area contributed by atoms with Crippen LogP contribution in [0.15, 0.2) is 4.47 Å². The predicted octanol–water partition coefficient (Wildman–Crippen LogP) is 2.43. The van der Waals surface area contributed by atoms with Crippen molar-refractivity contribution in [3.8, 4) is 5.88 Å². The van der Waals surface area contributed by atoms with Crippen molar-refractivity contribution < 1.29 is 9.47 Å². The maximum absolute atomic E-state index is 5.10. The van der Waals surface area contributed by atoms with E-state index in [1.165, 1.54) is 11.5 Å². The minimum absolute atomic E-state index is 0.431. The number of halogens is 1. The number of nitrogens with zero attached hydrogens (tertiary/aromatic N) is 1. The Morgan fingerprint density at radius 2 is 2.25 bits per heavy atom. The summed E-state index contributed by atoms with van der Waals surface area (Å²) < 4.78 is 15.3. The van der Waals surface area contributed by atoms with E-state index in [4.69, 9.17) is 9.47 Å². The first-order valence-corrected chi connectivity index (χ1v) is 6.66. The third-order valence-electron chi connectivity index (χ3n) is 2.23. The Hall–Kier alpha value is -0.170. The normalized spacial score (nSPS) is 12.8. The van der Waals surface area contributed by atoms with Crippen LogP contribution in [0.5, 0.6) is 5.88 Å². The molecule has 16 heavy (non-hydrogen) atoms. The number of aromatic nitrogens is 1. The van der Waals surface area contributed by atoms with E-state index in [0.29, 0.717) is 11.9 Å². The number of rotatable bonds is 7. The van der Waals surface area contributed by atoms with Gasteiger partial charge in [0.25, 0.3) is 0 Å². The predicted molar refractivity (Wildman–Crippen MR) is 69.2 cm³/mol. The van der Waals surface area contributed by atoms with E-state index in [0.717, 1.165) is 28.9 Å². The molecule has 0 bridgehead atoms. The third kappa shape index (κ3) is 4.01. The van der Waals surface area contributed by atoms with Crippen LogP contribution in [0.1, 0.15) is 18.2 Å². The summed E-state index contributed by atoms with van der Waals surface area (Å²) in [7, 11) is 3.34. The molecular formula is C10H17BrN2O2S. The van der Waals surface area contributed by atoms with Crippen LogP contribution in [0.2, 0.25) is 0 Å². The second kappa shape index (κ2) is 7.21. The highest BCUT2D eigenvalue weighted by molar-refractivity contribution is 9.10. The van der Waals surface area contributed by atoms with Gasteiger partial charge >= 0.3 is 0 Å². The quantitative estimate of drug-likeness (QED) is 0.840. The molecule has 1 rings (SSSR count). The molecule has 1 aromatic heterocycles. The van der Waals surface area contributed by atoms with Crippen LogP contribution in [0, 0.1) is 0 Å². The zero-order valence-electron chi connectivity index (χ0n) is 9.75. The summed E-state index contributed by atoms with van der Waals surface area (Å²) in [6.45, 7) is 3.72. The first kappa shape index (κ1) is 13.9. The molecule has 0 aliphatic heterocycles. The van der Waals surface area contributed by atoms with E-state index in [9.17, 15) is 0 Å². The van der Waals surface area contributed by atoms with E-state index < -0.39 is 0 Å². The first-order valence-electron chi connectivity index (χ1n) is 5.09. The molecule has 0 saturated heterocycles. The Morgan fingerprint density at radius 3 is 2.81 bits per heavy atom. The summed E-state index contributed by atoms with van der Waals surface area (Å²) in [6.07, 6.45) is 1.00. The maximum atomic E-state index is 5.10. The Morgan fingerprint density at radius 1 is 1.50 bits per heavy atom. The fourth-order valence-corrected chi connectivity index (χ4v) is 2.60. The molecule has 0 amide bonds. The van der Waals surface area contributed by atoms with Gasteiger partial charge in [-0.25, -0.2) is 0 Å². The number of hydrogen-bond acceptors (Lipinski definition) is 5. The lowest BCUT2D eigenvalue weighted by molar-refractivity contribution is 0.184. The summed E-state index contributed by atoms with van der Waals surface area (Å²) in [4.78, 5) is 1.15. The molecule has 1 N–H and O–H groups in total. The van der Waals surface area contributed by atoms with Gasteiger partial charge in [0.2, 0.25) is 5.88 Å². The van der Waals surface area contributed by atoms with Crippen LogP contribution >= 0.6 is 27.5 Å². The van der Waals surface area contributed by atoms with Crippen LogP contribution in [0.25, 0.3) is 0 Å². The standard InChI is InChI=1S/C10H17BrN2O2S/c1-7(4-5-14-2)12-6-8-9(11)10(15-3)13-16-8/h7,12H,4-6H2,1-3H3. The molecular weight excluding hydrogens is 292 g/mol. The van der Waals surface area contributed by atoms with Gasteiger partial charge in [-0.3, -0.25) is 0 Å². The maximum Gasteiger partial charge on any atom is 0.239 e. The van der Waals surface area contributed by atoms with Crippen LogP contribution in [0.4, 0.5) is 0 Å². The Labute approximate surface area is 109 Å². The van der Waals surface area contributed by atoms with Gasteiger partial charge in [0.05, 0.1) is 16.5 Å². The summed E-state index contributed by atoms with van der Waals surface area (Å²) >= 11 is 4.92. The lowest BCUT2D eigenvalue weighted by Gasteiger charge is -2.12. The molecule has 0 fully saturated rings. The largest absolute Gasteiger partial charge is 0.480 e. The highest BCUT2D eigenvalue weighted by Crippen LogP contribution is 2.30. The summed E-state index contributed by atoms with van der Waals surface area (Å²) in [5.41, 5.74) is 0. The Kier molecular flexibility index (Phi) is 6.26. The average molecular weight is 309 g/mol. The van der Waals surface area contributed by atoms with Gasteiger partial charge in [-0.2, -0.15) is 4.37 Å². The third-order valence-corrected chi connectivity index (χ3v) is 4.14. The van der Waals surface area contributed by atoms with Crippen molar-refractivity contribution in [2.24, 2.45) is 0 Å². The zero-order valence-corrected chi connectivity index (χ0v) is 12.2. The number of nitrogens with one attached hydrogen (secondary N) is 1. The molecule has 0 aromatic carbocycles. The molecule has 1 aromatic rings.